The zero-order valence-corrected chi connectivity index (χ0v) is 14.6. The Labute approximate surface area is 147 Å². The second-order valence-electron chi connectivity index (χ2n) is 4.72. The van der Waals surface area contributed by atoms with Crippen molar-refractivity contribution in [3.05, 3.63) is 57.0 Å². The van der Waals surface area contributed by atoms with Crippen molar-refractivity contribution in [2.45, 2.75) is 6.92 Å². The highest BCUT2D eigenvalue weighted by Gasteiger charge is 2.06. The normalized spacial score (nSPS) is 10.7. The lowest BCUT2D eigenvalue weighted by molar-refractivity contribution is -0.123. The number of amides is 1. The van der Waals surface area contributed by atoms with Crippen LogP contribution in [0.15, 0.2) is 46.0 Å². The number of halogens is 2. The fraction of sp³-hybridized carbons (Fsp3) is 0.125. The third-order valence-electron chi connectivity index (χ3n) is 2.84. The quantitative estimate of drug-likeness (QED) is 0.598. The van der Waals surface area contributed by atoms with E-state index in [9.17, 15) is 9.90 Å². The van der Waals surface area contributed by atoms with Crippen LogP contribution in [0.1, 0.15) is 11.1 Å². The van der Waals surface area contributed by atoms with E-state index in [1.54, 1.807) is 24.3 Å². The molecule has 23 heavy (non-hydrogen) atoms. The van der Waals surface area contributed by atoms with Crippen LogP contribution < -0.4 is 10.2 Å². The average molecular weight is 398 g/mol. The minimum absolute atomic E-state index is 0.108. The van der Waals surface area contributed by atoms with Crippen molar-refractivity contribution in [2.75, 3.05) is 6.61 Å². The topological polar surface area (TPSA) is 70.9 Å². The Bertz CT molecular complexity index is 733. The number of hydrogen-bond donors (Lipinski definition) is 2. The number of carbonyl (C=O) groups is 1. The first kappa shape index (κ1) is 17.3. The number of aromatic hydroxyl groups is 1. The van der Waals surface area contributed by atoms with Crippen LogP contribution in [0.25, 0.3) is 0 Å². The maximum atomic E-state index is 11.6. The van der Waals surface area contributed by atoms with E-state index in [1.165, 1.54) is 6.21 Å². The van der Waals surface area contributed by atoms with Gasteiger partial charge in [-0.3, -0.25) is 4.79 Å². The standard InChI is InChI=1S/C16H14BrClN2O3/c1-10-2-4-13(5-3-10)23-9-15(21)20-19-8-11-6-12(17)7-14(18)16(11)22/h2-8,22H,9H2,1H3,(H,20,21)/b19-8+. The van der Waals surface area contributed by atoms with Gasteiger partial charge in [-0.2, -0.15) is 5.10 Å². The van der Waals surface area contributed by atoms with Crippen molar-refractivity contribution in [1.82, 2.24) is 5.43 Å². The Hall–Kier alpha value is -2.05. The van der Waals surface area contributed by atoms with Gasteiger partial charge in [0.05, 0.1) is 11.2 Å². The Balaban J connectivity index is 1.88. The van der Waals surface area contributed by atoms with Crippen molar-refractivity contribution < 1.29 is 14.6 Å². The molecule has 0 aromatic heterocycles. The molecule has 0 radical (unpaired) electrons. The number of aryl methyl sites for hydroxylation is 1. The Kier molecular flexibility index (Phi) is 6.01. The molecule has 1 amide bonds. The number of nitrogens with one attached hydrogen (secondary N) is 1. The number of carbonyl (C=O) groups excluding carboxylic acids is 1. The van der Waals surface area contributed by atoms with E-state index in [0.29, 0.717) is 15.8 Å². The fourth-order valence-electron chi connectivity index (χ4n) is 1.67. The molecule has 0 aliphatic heterocycles. The van der Waals surface area contributed by atoms with Gasteiger partial charge in [-0.25, -0.2) is 5.43 Å². The molecular formula is C16H14BrClN2O3. The summed E-state index contributed by atoms with van der Waals surface area (Å²) in [5.41, 5.74) is 3.80. The molecule has 0 atom stereocenters. The predicted octanol–water partition coefficient (Wildman–Crippen LogP) is 3.65. The van der Waals surface area contributed by atoms with Crippen molar-refractivity contribution >= 4 is 39.7 Å². The highest BCUT2D eigenvalue weighted by Crippen LogP contribution is 2.30. The molecule has 0 fully saturated rings. The van der Waals surface area contributed by atoms with E-state index in [1.807, 2.05) is 19.1 Å². The van der Waals surface area contributed by atoms with Gasteiger partial charge in [0.1, 0.15) is 11.5 Å². The SMILES string of the molecule is Cc1ccc(OCC(=O)N/N=C/c2cc(Br)cc(Cl)c2O)cc1. The first-order valence-corrected chi connectivity index (χ1v) is 7.82. The van der Waals surface area contributed by atoms with E-state index in [4.69, 9.17) is 16.3 Å². The summed E-state index contributed by atoms with van der Waals surface area (Å²) in [5, 5.41) is 13.7. The molecule has 0 heterocycles. The van der Waals surface area contributed by atoms with Crippen LogP contribution in [0.5, 0.6) is 11.5 Å². The highest BCUT2D eigenvalue weighted by atomic mass is 79.9. The Morgan fingerprint density at radius 1 is 1.39 bits per heavy atom. The Morgan fingerprint density at radius 2 is 2.09 bits per heavy atom. The number of ether oxygens (including phenoxy) is 1. The number of phenols is 1. The minimum Gasteiger partial charge on any atom is -0.506 e. The molecule has 2 aromatic carbocycles. The summed E-state index contributed by atoms with van der Waals surface area (Å²) < 4.78 is 6.01. The molecular weight excluding hydrogens is 384 g/mol. The number of hydrogen-bond acceptors (Lipinski definition) is 4. The summed E-state index contributed by atoms with van der Waals surface area (Å²) >= 11 is 9.10. The monoisotopic (exact) mass is 396 g/mol. The molecule has 5 nitrogen and oxygen atoms in total. The van der Waals surface area contributed by atoms with Crippen LogP contribution >= 0.6 is 27.5 Å². The molecule has 0 aliphatic carbocycles. The van der Waals surface area contributed by atoms with Crippen LogP contribution in [0.2, 0.25) is 5.02 Å². The predicted molar refractivity (Wildman–Crippen MR) is 93.2 cm³/mol. The summed E-state index contributed by atoms with van der Waals surface area (Å²) in [4.78, 5) is 11.6. The lowest BCUT2D eigenvalue weighted by atomic mass is 10.2. The van der Waals surface area contributed by atoms with E-state index in [2.05, 4.69) is 26.5 Å². The largest absolute Gasteiger partial charge is 0.506 e. The van der Waals surface area contributed by atoms with Crippen LogP contribution in [0.3, 0.4) is 0 Å². The smallest absolute Gasteiger partial charge is 0.277 e. The van der Waals surface area contributed by atoms with Crippen molar-refractivity contribution in [1.29, 1.82) is 0 Å². The number of benzene rings is 2. The summed E-state index contributed by atoms with van der Waals surface area (Å²) in [6.45, 7) is 1.81. The van der Waals surface area contributed by atoms with E-state index in [-0.39, 0.29) is 17.4 Å². The zero-order valence-electron chi connectivity index (χ0n) is 12.2. The van der Waals surface area contributed by atoms with Crippen molar-refractivity contribution in [2.24, 2.45) is 5.10 Å². The van der Waals surface area contributed by atoms with Crippen molar-refractivity contribution in [3.63, 3.8) is 0 Å². The minimum atomic E-state index is -0.414. The Morgan fingerprint density at radius 3 is 2.78 bits per heavy atom. The molecule has 120 valence electrons. The van der Waals surface area contributed by atoms with E-state index < -0.39 is 5.91 Å². The molecule has 0 bridgehead atoms. The first-order valence-electron chi connectivity index (χ1n) is 6.65. The number of nitrogens with zero attached hydrogens (tertiary/aromatic N) is 1. The average Bonchev–Trinajstić information content (AvgIpc) is 2.51. The molecule has 7 heteroatoms. The van der Waals surface area contributed by atoms with Gasteiger partial charge >= 0.3 is 0 Å². The number of rotatable bonds is 5. The molecule has 0 aliphatic rings. The maximum absolute atomic E-state index is 11.6. The lowest BCUT2D eigenvalue weighted by Gasteiger charge is -2.05. The zero-order chi connectivity index (χ0) is 16.8. The second kappa shape index (κ2) is 7.99. The summed E-state index contributed by atoms with van der Waals surface area (Å²) in [6, 6.07) is 10.5. The molecule has 0 saturated carbocycles. The van der Waals surface area contributed by atoms with Crippen LogP contribution in [0, 0.1) is 6.92 Å². The lowest BCUT2D eigenvalue weighted by Crippen LogP contribution is -2.24. The molecule has 0 unspecified atom stereocenters. The third kappa shape index (κ3) is 5.26. The third-order valence-corrected chi connectivity index (χ3v) is 3.59. The first-order chi connectivity index (χ1) is 11.0. The second-order valence-corrected chi connectivity index (χ2v) is 6.04. The fourth-order valence-corrected chi connectivity index (χ4v) is 2.51. The van der Waals surface area contributed by atoms with Gasteiger partial charge in [-0.15, -0.1) is 0 Å². The van der Waals surface area contributed by atoms with Gasteiger partial charge in [0.2, 0.25) is 0 Å². The summed E-state index contributed by atoms with van der Waals surface area (Å²) in [7, 11) is 0. The molecule has 2 rings (SSSR count). The van der Waals surface area contributed by atoms with Gasteiger partial charge in [0, 0.05) is 10.0 Å². The maximum Gasteiger partial charge on any atom is 0.277 e. The van der Waals surface area contributed by atoms with Gasteiger partial charge in [-0.1, -0.05) is 45.2 Å². The summed E-state index contributed by atoms with van der Waals surface area (Å²) in [6.07, 6.45) is 1.30. The molecule has 2 aromatic rings. The van der Waals surface area contributed by atoms with Gasteiger partial charge in [-0.05, 0) is 31.2 Å². The van der Waals surface area contributed by atoms with Gasteiger partial charge in [0.15, 0.2) is 6.61 Å². The number of phenolic OH excluding ortho intramolecular Hbond substituents is 1. The highest BCUT2D eigenvalue weighted by molar-refractivity contribution is 9.10. The van der Waals surface area contributed by atoms with Crippen LogP contribution in [-0.2, 0) is 4.79 Å². The van der Waals surface area contributed by atoms with Crippen LogP contribution in [0.4, 0.5) is 0 Å². The van der Waals surface area contributed by atoms with Crippen molar-refractivity contribution in [3.8, 4) is 11.5 Å². The van der Waals surface area contributed by atoms with E-state index in [0.717, 1.165) is 5.56 Å². The molecule has 2 N–H and O–H groups in total. The molecule has 0 saturated heterocycles. The summed E-state index contributed by atoms with van der Waals surface area (Å²) in [5.74, 6) is 0.0809. The molecule has 0 spiro atoms. The van der Waals surface area contributed by atoms with Crippen LogP contribution in [-0.4, -0.2) is 23.8 Å². The van der Waals surface area contributed by atoms with Gasteiger partial charge in [0.25, 0.3) is 5.91 Å². The van der Waals surface area contributed by atoms with Gasteiger partial charge < -0.3 is 9.84 Å². The van der Waals surface area contributed by atoms with E-state index >= 15 is 0 Å². The number of hydrazone groups is 1.